The van der Waals surface area contributed by atoms with Crippen LogP contribution >= 0.6 is 0 Å². The number of piperazine rings is 1. The monoisotopic (exact) mass is 422 g/mol. The van der Waals surface area contributed by atoms with Crippen LogP contribution in [0.4, 0.5) is 0 Å². The van der Waals surface area contributed by atoms with Gasteiger partial charge in [0.15, 0.2) is 0 Å². The first kappa shape index (κ1) is 21.3. The lowest BCUT2D eigenvalue weighted by Crippen LogP contribution is -2.51. The van der Waals surface area contributed by atoms with E-state index in [1.54, 1.807) is 17.3 Å². The molecule has 31 heavy (non-hydrogen) atoms. The minimum atomic E-state index is -0.00771. The molecule has 2 aliphatic rings. The smallest absolute Gasteiger partial charge is 0.254 e. The molecule has 4 rings (SSSR count). The van der Waals surface area contributed by atoms with Gasteiger partial charge in [0.25, 0.3) is 5.91 Å². The van der Waals surface area contributed by atoms with Crippen LogP contribution in [0.1, 0.15) is 48.0 Å². The molecule has 0 bridgehead atoms. The summed E-state index contributed by atoms with van der Waals surface area (Å²) in [6, 6.07) is 7.48. The molecule has 2 amide bonds. The van der Waals surface area contributed by atoms with Crippen LogP contribution in [-0.4, -0.2) is 64.4 Å². The molecule has 2 heterocycles. The van der Waals surface area contributed by atoms with Gasteiger partial charge in [0.1, 0.15) is 12.1 Å². The number of rotatable bonds is 6. The highest BCUT2D eigenvalue weighted by Crippen LogP contribution is 2.25. The zero-order valence-corrected chi connectivity index (χ0v) is 17.9. The lowest BCUT2D eigenvalue weighted by Gasteiger charge is -2.35. The van der Waals surface area contributed by atoms with Gasteiger partial charge < -0.3 is 14.5 Å². The average Bonchev–Trinajstić information content (AvgIpc) is 2.84. The van der Waals surface area contributed by atoms with Crippen LogP contribution in [0.3, 0.4) is 0 Å². The highest BCUT2D eigenvalue weighted by Gasteiger charge is 2.25. The van der Waals surface area contributed by atoms with Crippen LogP contribution in [0.15, 0.2) is 43.0 Å². The molecule has 2 fully saturated rings. The molecule has 1 saturated heterocycles. The molecule has 1 saturated carbocycles. The molecule has 1 aliphatic carbocycles. The molecule has 0 spiro atoms. The van der Waals surface area contributed by atoms with Crippen molar-refractivity contribution in [2.45, 2.75) is 38.5 Å². The number of carbonyl (C=O) groups is 2. The zero-order valence-electron chi connectivity index (χ0n) is 17.9. The van der Waals surface area contributed by atoms with Crippen molar-refractivity contribution in [3.05, 3.63) is 54.1 Å². The quantitative estimate of drug-likeness (QED) is 0.715. The van der Waals surface area contributed by atoms with E-state index in [1.165, 1.54) is 38.4 Å². The molecule has 164 valence electrons. The molecule has 1 aromatic carbocycles. The minimum absolute atomic E-state index is 0.00771. The van der Waals surface area contributed by atoms with Crippen LogP contribution in [-0.2, 0) is 11.2 Å². The summed E-state index contributed by atoms with van der Waals surface area (Å²) in [7, 11) is 0. The van der Waals surface area contributed by atoms with Crippen molar-refractivity contribution in [2.75, 3.05) is 32.8 Å². The van der Waals surface area contributed by atoms with Crippen LogP contribution in [0.2, 0.25) is 0 Å². The van der Waals surface area contributed by atoms with Gasteiger partial charge in [-0.25, -0.2) is 9.97 Å². The van der Waals surface area contributed by atoms with E-state index in [2.05, 4.69) is 9.97 Å². The number of ether oxygens (including phenoxy) is 1. The van der Waals surface area contributed by atoms with Gasteiger partial charge in [-0.3, -0.25) is 9.59 Å². The van der Waals surface area contributed by atoms with Gasteiger partial charge in [0, 0.05) is 44.1 Å². The minimum Gasteiger partial charge on any atom is -0.493 e. The Morgan fingerprint density at radius 2 is 1.68 bits per heavy atom. The molecule has 1 aliphatic heterocycles. The Bertz CT molecular complexity index is 875. The SMILES string of the molecule is O=C(Cc1cncnc1)N1CCN(C(=O)c2cccc(OCC3CCCCC3)c2)CC1. The second-order valence-corrected chi connectivity index (χ2v) is 8.44. The summed E-state index contributed by atoms with van der Waals surface area (Å²) in [5, 5.41) is 0. The van der Waals surface area contributed by atoms with Crippen molar-refractivity contribution in [3.8, 4) is 5.75 Å². The fourth-order valence-corrected chi connectivity index (χ4v) is 4.34. The number of nitrogens with zero attached hydrogens (tertiary/aromatic N) is 4. The first-order valence-electron chi connectivity index (χ1n) is 11.2. The third kappa shape index (κ3) is 5.81. The molecular formula is C24H30N4O3. The fourth-order valence-electron chi connectivity index (χ4n) is 4.34. The van der Waals surface area contributed by atoms with E-state index in [9.17, 15) is 9.59 Å². The predicted octanol–water partition coefficient (Wildman–Crippen LogP) is 2.96. The summed E-state index contributed by atoms with van der Waals surface area (Å²) in [5.41, 5.74) is 1.44. The van der Waals surface area contributed by atoms with Gasteiger partial charge in [-0.2, -0.15) is 0 Å². The van der Waals surface area contributed by atoms with Gasteiger partial charge >= 0.3 is 0 Å². The largest absolute Gasteiger partial charge is 0.493 e. The third-order valence-corrected chi connectivity index (χ3v) is 6.18. The summed E-state index contributed by atoms with van der Waals surface area (Å²) in [4.78, 5) is 37.0. The van der Waals surface area contributed by atoms with Gasteiger partial charge in [0.05, 0.1) is 13.0 Å². The van der Waals surface area contributed by atoms with E-state index in [0.29, 0.717) is 37.7 Å². The molecule has 0 unspecified atom stereocenters. The van der Waals surface area contributed by atoms with Gasteiger partial charge in [-0.05, 0) is 42.5 Å². The highest BCUT2D eigenvalue weighted by molar-refractivity contribution is 5.94. The topological polar surface area (TPSA) is 75.6 Å². The summed E-state index contributed by atoms with van der Waals surface area (Å²) in [6.45, 7) is 2.86. The second kappa shape index (κ2) is 10.4. The van der Waals surface area contributed by atoms with E-state index in [1.807, 2.05) is 29.2 Å². The number of aromatic nitrogens is 2. The Balaban J connectivity index is 1.27. The fraction of sp³-hybridized carbons (Fsp3) is 0.500. The first-order chi connectivity index (χ1) is 15.2. The molecular weight excluding hydrogens is 392 g/mol. The molecule has 0 atom stereocenters. The van der Waals surface area contributed by atoms with E-state index in [-0.39, 0.29) is 18.2 Å². The van der Waals surface area contributed by atoms with E-state index >= 15 is 0 Å². The maximum absolute atomic E-state index is 13.0. The van der Waals surface area contributed by atoms with Gasteiger partial charge in [-0.1, -0.05) is 25.3 Å². The maximum atomic E-state index is 13.0. The molecule has 1 aromatic heterocycles. The molecule has 0 N–H and O–H groups in total. The standard InChI is InChI=1S/C24H30N4O3/c29-23(13-20-15-25-18-26-16-20)27-9-11-28(12-10-27)24(30)21-7-4-8-22(14-21)31-17-19-5-2-1-3-6-19/h4,7-8,14-16,18-19H,1-3,5-6,9-13,17H2. The van der Waals surface area contributed by atoms with Gasteiger partial charge in [0.2, 0.25) is 5.91 Å². The lowest BCUT2D eigenvalue weighted by molar-refractivity contribution is -0.131. The van der Waals surface area contributed by atoms with E-state index in [4.69, 9.17) is 4.74 Å². The average molecular weight is 423 g/mol. The Hall–Kier alpha value is -2.96. The first-order valence-corrected chi connectivity index (χ1v) is 11.2. The highest BCUT2D eigenvalue weighted by atomic mass is 16.5. The Kier molecular flexibility index (Phi) is 7.12. The van der Waals surface area contributed by atoms with Crippen molar-refractivity contribution in [3.63, 3.8) is 0 Å². The van der Waals surface area contributed by atoms with Crippen molar-refractivity contribution in [2.24, 2.45) is 5.92 Å². The number of carbonyl (C=O) groups excluding carboxylic acids is 2. The van der Waals surface area contributed by atoms with Gasteiger partial charge in [-0.15, -0.1) is 0 Å². The van der Waals surface area contributed by atoms with Crippen LogP contribution in [0, 0.1) is 5.92 Å². The Morgan fingerprint density at radius 1 is 0.968 bits per heavy atom. The van der Waals surface area contributed by atoms with Crippen molar-refractivity contribution < 1.29 is 14.3 Å². The van der Waals surface area contributed by atoms with Crippen molar-refractivity contribution in [1.82, 2.24) is 19.8 Å². The van der Waals surface area contributed by atoms with E-state index < -0.39 is 0 Å². The molecule has 7 heteroatoms. The van der Waals surface area contributed by atoms with E-state index in [0.717, 1.165) is 17.9 Å². The zero-order chi connectivity index (χ0) is 21.5. The van der Waals surface area contributed by atoms with Crippen LogP contribution in [0.5, 0.6) is 5.75 Å². The Labute approximate surface area is 183 Å². The maximum Gasteiger partial charge on any atom is 0.254 e. The number of hydrogen-bond acceptors (Lipinski definition) is 5. The Morgan fingerprint density at radius 3 is 2.42 bits per heavy atom. The summed E-state index contributed by atoms with van der Waals surface area (Å²) >= 11 is 0. The number of amides is 2. The molecule has 7 nitrogen and oxygen atoms in total. The number of benzene rings is 1. The summed E-state index contributed by atoms with van der Waals surface area (Å²) in [6.07, 6.45) is 11.4. The third-order valence-electron chi connectivity index (χ3n) is 6.18. The molecule has 0 radical (unpaired) electrons. The van der Waals surface area contributed by atoms with Crippen LogP contribution < -0.4 is 4.74 Å². The second-order valence-electron chi connectivity index (χ2n) is 8.44. The van der Waals surface area contributed by atoms with Crippen molar-refractivity contribution >= 4 is 11.8 Å². The predicted molar refractivity (Wildman–Crippen MR) is 117 cm³/mol. The summed E-state index contributed by atoms with van der Waals surface area (Å²) < 4.78 is 5.99. The lowest BCUT2D eigenvalue weighted by atomic mass is 9.90. The molecule has 2 aromatic rings. The van der Waals surface area contributed by atoms with Crippen molar-refractivity contribution in [1.29, 1.82) is 0 Å². The van der Waals surface area contributed by atoms with Crippen LogP contribution in [0.25, 0.3) is 0 Å². The normalized spacial score (nSPS) is 17.4. The summed E-state index contributed by atoms with van der Waals surface area (Å²) in [5.74, 6) is 1.42. The number of hydrogen-bond donors (Lipinski definition) is 0.